The minimum absolute atomic E-state index is 0.0165. The van der Waals surface area contributed by atoms with Gasteiger partial charge in [0.05, 0.1) is 6.10 Å². The third-order valence-corrected chi connectivity index (χ3v) is 4.86. The van der Waals surface area contributed by atoms with Crippen molar-refractivity contribution in [2.45, 2.75) is 78.9 Å². The van der Waals surface area contributed by atoms with Crippen molar-refractivity contribution in [2.24, 2.45) is 5.92 Å². The third-order valence-electron chi connectivity index (χ3n) is 4.86. The summed E-state index contributed by atoms with van der Waals surface area (Å²) in [6, 6.07) is 3.96. The van der Waals surface area contributed by atoms with Crippen LogP contribution in [0.5, 0.6) is 5.75 Å². The van der Waals surface area contributed by atoms with Gasteiger partial charge in [-0.2, -0.15) is 0 Å². The average Bonchev–Trinajstić information content (AvgIpc) is 2.51. The van der Waals surface area contributed by atoms with Crippen LogP contribution >= 0.6 is 0 Å². The molecule has 1 N–H and O–H groups in total. The number of carbonyl (C=O) groups is 1. The van der Waals surface area contributed by atoms with Crippen LogP contribution in [-0.2, 0) is 9.53 Å². The molecule has 0 saturated heterocycles. The van der Waals surface area contributed by atoms with E-state index in [9.17, 15) is 4.79 Å². The van der Waals surface area contributed by atoms with Crippen molar-refractivity contribution in [3.05, 3.63) is 23.3 Å². The van der Waals surface area contributed by atoms with Crippen molar-refractivity contribution in [1.82, 2.24) is 0 Å². The zero-order chi connectivity index (χ0) is 18.6. The Hall–Kier alpha value is -1.55. The summed E-state index contributed by atoms with van der Waals surface area (Å²) in [7, 11) is 0. The number of rotatable bonds is 6. The van der Waals surface area contributed by atoms with Crippen LogP contribution in [0.2, 0.25) is 0 Å². The summed E-state index contributed by atoms with van der Waals surface area (Å²) in [5.41, 5.74) is 2.19. The number of amides is 1. The summed E-state index contributed by atoms with van der Waals surface area (Å²) in [5, 5.41) is 3.10. The molecule has 0 aliphatic heterocycles. The van der Waals surface area contributed by atoms with Crippen LogP contribution in [0.25, 0.3) is 0 Å². The van der Waals surface area contributed by atoms with E-state index in [0.29, 0.717) is 12.5 Å². The molecule has 2 rings (SSSR count). The summed E-state index contributed by atoms with van der Waals surface area (Å²) in [6.45, 7) is 12.8. The molecule has 1 aromatic rings. The van der Waals surface area contributed by atoms with Gasteiger partial charge in [0.15, 0.2) is 0 Å². The molecule has 0 spiro atoms. The smallest absolute Gasteiger partial charge is 0.256 e. The standard InChI is InChI=1S/C21H33NO3/c1-7-24-21(10-8-9-15(4)13-21)20(23)22-18-11-16(5)19(17(6)12-18)25-14(2)3/h11-12,14-15H,7-10,13H2,1-6H3,(H,22,23). The third kappa shape index (κ3) is 4.75. The van der Waals surface area contributed by atoms with Crippen LogP contribution in [-0.4, -0.2) is 24.2 Å². The van der Waals surface area contributed by atoms with Crippen molar-refractivity contribution in [3.8, 4) is 5.75 Å². The van der Waals surface area contributed by atoms with Crippen molar-refractivity contribution >= 4 is 11.6 Å². The summed E-state index contributed by atoms with van der Waals surface area (Å²) in [4.78, 5) is 13.0. The Kier molecular flexibility index (Phi) is 6.50. The van der Waals surface area contributed by atoms with E-state index in [1.165, 1.54) is 6.42 Å². The van der Waals surface area contributed by atoms with Crippen LogP contribution in [0.15, 0.2) is 12.1 Å². The number of carbonyl (C=O) groups excluding carboxylic acids is 1. The first kappa shape index (κ1) is 19.8. The SMILES string of the molecule is CCOC1(C(=O)Nc2cc(C)c(OC(C)C)c(C)c2)CCCC(C)C1. The van der Waals surface area contributed by atoms with Gasteiger partial charge in [-0.25, -0.2) is 0 Å². The zero-order valence-corrected chi connectivity index (χ0v) is 16.6. The van der Waals surface area contributed by atoms with Crippen LogP contribution in [0.1, 0.15) is 64.5 Å². The fourth-order valence-corrected chi connectivity index (χ4v) is 3.87. The first-order chi connectivity index (χ1) is 11.8. The molecule has 4 nitrogen and oxygen atoms in total. The fourth-order valence-electron chi connectivity index (χ4n) is 3.87. The number of anilines is 1. The van der Waals surface area contributed by atoms with Crippen molar-refractivity contribution in [1.29, 1.82) is 0 Å². The van der Waals surface area contributed by atoms with Gasteiger partial charge in [-0.1, -0.05) is 13.3 Å². The van der Waals surface area contributed by atoms with E-state index in [0.717, 1.165) is 41.8 Å². The predicted molar refractivity (Wildman–Crippen MR) is 102 cm³/mol. The van der Waals surface area contributed by atoms with Gasteiger partial charge in [0, 0.05) is 12.3 Å². The summed E-state index contributed by atoms with van der Waals surface area (Å²) in [6.07, 6.45) is 3.92. The van der Waals surface area contributed by atoms with Crippen LogP contribution in [0.4, 0.5) is 5.69 Å². The summed E-state index contributed by atoms with van der Waals surface area (Å²) < 4.78 is 11.9. The minimum Gasteiger partial charge on any atom is -0.490 e. The van der Waals surface area contributed by atoms with E-state index in [2.05, 4.69) is 12.2 Å². The topological polar surface area (TPSA) is 47.6 Å². The van der Waals surface area contributed by atoms with Crippen molar-refractivity contribution < 1.29 is 14.3 Å². The molecule has 1 fully saturated rings. The second-order valence-electron chi connectivity index (χ2n) is 7.69. The highest BCUT2D eigenvalue weighted by Crippen LogP contribution is 2.37. The van der Waals surface area contributed by atoms with Crippen molar-refractivity contribution in [3.63, 3.8) is 0 Å². The number of hydrogen-bond acceptors (Lipinski definition) is 3. The van der Waals surface area contributed by atoms with Gasteiger partial charge in [0.25, 0.3) is 5.91 Å². The maximum Gasteiger partial charge on any atom is 0.256 e. The molecule has 2 atom stereocenters. The van der Waals surface area contributed by atoms with Gasteiger partial charge in [-0.3, -0.25) is 4.79 Å². The lowest BCUT2D eigenvalue weighted by atomic mass is 9.78. The van der Waals surface area contributed by atoms with E-state index in [1.807, 2.05) is 46.8 Å². The van der Waals surface area contributed by atoms with Gasteiger partial charge in [0.2, 0.25) is 0 Å². The zero-order valence-electron chi connectivity index (χ0n) is 16.6. The highest BCUT2D eigenvalue weighted by molar-refractivity contribution is 5.97. The van der Waals surface area contributed by atoms with Gasteiger partial charge in [-0.15, -0.1) is 0 Å². The molecule has 0 radical (unpaired) electrons. The molecule has 4 heteroatoms. The molecule has 1 aromatic carbocycles. The molecule has 2 unspecified atom stereocenters. The molecular formula is C21H33NO3. The lowest BCUT2D eigenvalue weighted by Crippen LogP contribution is -2.48. The largest absolute Gasteiger partial charge is 0.490 e. The number of hydrogen-bond donors (Lipinski definition) is 1. The van der Waals surface area contributed by atoms with Gasteiger partial charge < -0.3 is 14.8 Å². The first-order valence-corrected chi connectivity index (χ1v) is 9.50. The van der Waals surface area contributed by atoms with Gasteiger partial charge >= 0.3 is 0 Å². The summed E-state index contributed by atoms with van der Waals surface area (Å²) in [5.74, 6) is 1.40. The van der Waals surface area contributed by atoms with E-state index >= 15 is 0 Å². The molecule has 0 bridgehead atoms. The van der Waals surface area contributed by atoms with Gasteiger partial charge in [-0.05, 0) is 83.1 Å². The molecule has 1 aliphatic rings. The maximum absolute atomic E-state index is 13.0. The van der Waals surface area contributed by atoms with Crippen LogP contribution < -0.4 is 10.1 Å². The predicted octanol–water partition coefficient (Wildman–Crippen LogP) is 5.01. The molecule has 0 aromatic heterocycles. The molecule has 140 valence electrons. The Morgan fingerprint density at radius 3 is 2.48 bits per heavy atom. The monoisotopic (exact) mass is 347 g/mol. The lowest BCUT2D eigenvalue weighted by Gasteiger charge is -2.38. The Morgan fingerprint density at radius 1 is 1.32 bits per heavy atom. The Balaban J connectivity index is 2.21. The maximum atomic E-state index is 13.0. The molecular weight excluding hydrogens is 314 g/mol. The summed E-state index contributed by atoms with van der Waals surface area (Å²) >= 11 is 0. The quantitative estimate of drug-likeness (QED) is 0.786. The average molecular weight is 347 g/mol. The lowest BCUT2D eigenvalue weighted by molar-refractivity contribution is -0.147. The number of aryl methyl sites for hydroxylation is 2. The second-order valence-corrected chi connectivity index (χ2v) is 7.69. The number of ether oxygens (including phenoxy) is 2. The van der Waals surface area contributed by atoms with E-state index < -0.39 is 5.60 Å². The van der Waals surface area contributed by atoms with Crippen LogP contribution in [0.3, 0.4) is 0 Å². The van der Waals surface area contributed by atoms with E-state index in [4.69, 9.17) is 9.47 Å². The van der Waals surface area contributed by atoms with Crippen LogP contribution in [0, 0.1) is 19.8 Å². The Bertz CT molecular complexity index is 584. The number of benzene rings is 1. The Morgan fingerprint density at radius 2 is 1.96 bits per heavy atom. The Labute approximate surface area is 152 Å². The van der Waals surface area contributed by atoms with Gasteiger partial charge in [0.1, 0.15) is 11.4 Å². The minimum atomic E-state index is -0.693. The van der Waals surface area contributed by atoms with Crippen molar-refractivity contribution in [2.75, 3.05) is 11.9 Å². The molecule has 1 aliphatic carbocycles. The highest BCUT2D eigenvalue weighted by Gasteiger charge is 2.42. The molecule has 1 saturated carbocycles. The number of nitrogens with one attached hydrogen (secondary N) is 1. The first-order valence-electron chi connectivity index (χ1n) is 9.50. The van der Waals surface area contributed by atoms with E-state index in [1.54, 1.807) is 0 Å². The highest BCUT2D eigenvalue weighted by atomic mass is 16.5. The fraction of sp³-hybridized carbons (Fsp3) is 0.667. The van der Waals surface area contributed by atoms with E-state index in [-0.39, 0.29) is 12.0 Å². The molecule has 0 heterocycles. The molecule has 1 amide bonds. The molecule has 25 heavy (non-hydrogen) atoms. The second kappa shape index (κ2) is 8.22. The normalized spacial score (nSPS) is 23.6.